The summed E-state index contributed by atoms with van der Waals surface area (Å²) in [5, 5.41) is 13.8. The zero-order chi connectivity index (χ0) is 22.3. The third-order valence-corrected chi connectivity index (χ3v) is 8.15. The Morgan fingerprint density at radius 3 is 2.66 bits per heavy atom. The summed E-state index contributed by atoms with van der Waals surface area (Å²) in [7, 11) is -1.11. The van der Waals surface area contributed by atoms with Crippen LogP contribution in [0.25, 0.3) is 5.57 Å². The van der Waals surface area contributed by atoms with Crippen molar-refractivity contribution in [3.63, 3.8) is 0 Å². The quantitative estimate of drug-likeness (QED) is 0.666. The van der Waals surface area contributed by atoms with Crippen LogP contribution in [0.2, 0.25) is 0 Å². The van der Waals surface area contributed by atoms with E-state index in [2.05, 4.69) is 32.2 Å². The van der Waals surface area contributed by atoms with Gasteiger partial charge in [0.15, 0.2) is 5.82 Å². The number of aryl methyl sites for hydroxylation is 1. The summed E-state index contributed by atoms with van der Waals surface area (Å²) in [5.74, 6) is 5.04. The number of aliphatic hydroxyl groups excluding tert-OH is 1. The largest absolute Gasteiger partial charge is 0.391 e. The van der Waals surface area contributed by atoms with Gasteiger partial charge in [0.1, 0.15) is 10.7 Å². The summed E-state index contributed by atoms with van der Waals surface area (Å²) in [6.45, 7) is 3.17. The second-order valence-electron chi connectivity index (χ2n) is 8.62. The highest BCUT2D eigenvalue weighted by molar-refractivity contribution is 7.85. The maximum atomic E-state index is 12.7. The molecule has 8 nitrogen and oxygen atoms in total. The van der Waals surface area contributed by atoms with E-state index < -0.39 is 22.4 Å². The lowest BCUT2D eigenvalue weighted by molar-refractivity contribution is 0.0631. The molecule has 0 spiro atoms. The molecule has 2 atom stereocenters. The molecule has 32 heavy (non-hydrogen) atoms. The van der Waals surface area contributed by atoms with Gasteiger partial charge in [0, 0.05) is 37.7 Å². The molecule has 1 aliphatic carbocycles. The molecule has 166 valence electrons. The van der Waals surface area contributed by atoms with Crippen molar-refractivity contribution in [3.05, 3.63) is 35.6 Å². The van der Waals surface area contributed by atoms with Crippen LogP contribution in [-0.4, -0.2) is 59.7 Å². The van der Waals surface area contributed by atoms with Gasteiger partial charge in [0.05, 0.1) is 33.7 Å². The minimum Gasteiger partial charge on any atom is -0.391 e. The average Bonchev–Trinajstić information content (AvgIpc) is 3.17. The Morgan fingerprint density at radius 2 is 2.06 bits per heavy atom. The molecule has 2 aromatic heterocycles. The molecular weight excluding hydrogens is 424 g/mol. The van der Waals surface area contributed by atoms with Crippen molar-refractivity contribution in [2.24, 2.45) is 0 Å². The lowest BCUT2D eigenvalue weighted by atomic mass is 9.73. The second-order valence-corrected chi connectivity index (χ2v) is 10.1. The van der Waals surface area contributed by atoms with Crippen molar-refractivity contribution in [2.45, 2.75) is 55.6 Å². The van der Waals surface area contributed by atoms with Crippen molar-refractivity contribution in [2.75, 3.05) is 29.1 Å². The number of hydrogen-bond donors (Lipinski definition) is 2. The van der Waals surface area contributed by atoms with Crippen molar-refractivity contribution in [1.29, 1.82) is 0 Å². The molecule has 0 amide bonds. The van der Waals surface area contributed by atoms with Crippen LogP contribution < -0.4 is 10.2 Å². The summed E-state index contributed by atoms with van der Waals surface area (Å²) >= 11 is 0. The van der Waals surface area contributed by atoms with Gasteiger partial charge in [-0.15, -0.1) is 6.42 Å². The molecule has 2 aromatic rings. The molecule has 3 aliphatic rings. The number of aliphatic hydroxyl groups is 1. The molecule has 5 rings (SSSR count). The van der Waals surface area contributed by atoms with Crippen LogP contribution in [0, 0.1) is 12.3 Å². The number of rotatable bonds is 5. The lowest BCUT2D eigenvalue weighted by Crippen LogP contribution is -2.53. The first-order valence-corrected chi connectivity index (χ1v) is 12.3. The van der Waals surface area contributed by atoms with E-state index in [0.29, 0.717) is 46.8 Å². The molecule has 2 aliphatic heterocycles. The third-order valence-electron chi connectivity index (χ3n) is 6.69. The van der Waals surface area contributed by atoms with Gasteiger partial charge >= 0.3 is 0 Å². The van der Waals surface area contributed by atoms with E-state index in [1.807, 2.05) is 0 Å². The molecule has 0 radical (unpaired) electrons. The normalized spacial score (nSPS) is 22.3. The molecule has 1 fully saturated rings. The second kappa shape index (κ2) is 8.26. The number of terminal acetylenes is 1. The lowest BCUT2D eigenvalue weighted by Gasteiger charge is -2.45. The molecule has 9 heteroatoms. The number of anilines is 2. The zero-order valence-electron chi connectivity index (χ0n) is 18.0. The van der Waals surface area contributed by atoms with Crippen molar-refractivity contribution >= 4 is 28.1 Å². The Labute approximate surface area is 190 Å². The highest BCUT2D eigenvalue weighted by Gasteiger charge is 2.43. The van der Waals surface area contributed by atoms with Gasteiger partial charge in [-0.25, -0.2) is 15.0 Å². The summed E-state index contributed by atoms with van der Waals surface area (Å²) in [4.78, 5) is 21.1. The molecule has 0 aromatic carbocycles. The van der Waals surface area contributed by atoms with Crippen LogP contribution in [0.5, 0.6) is 0 Å². The molecule has 2 N–H and O–H groups in total. The minimum absolute atomic E-state index is 0.400. The molecule has 1 saturated carbocycles. The Balaban J connectivity index is 1.41. The van der Waals surface area contributed by atoms with Gasteiger partial charge in [-0.1, -0.05) is 12.0 Å². The van der Waals surface area contributed by atoms with Crippen LogP contribution in [0.15, 0.2) is 23.4 Å². The van der Waals surface area contributed by atoms with Gasteiger partial charge in [-0.05, 0) is 38.2 Å². The van der Waals surface area contributed by atoms with Gasteiger partial charge in [-0.2, -0.15) is 4.98 Å². The topological polar surface area (TPSA) is 104 Å². The van der Waals surface area contributed by atoms with Crippen LogP contribution in [0.1, 0.15) is 49.7 Å². The smallest absolute Gasteiger partial charge is 0.227 e. The Bertz CT molecular complexity index is 1130. The zero-order valence-corrected chi connectivity index (χ0v) is 18.9. The number of fused-ring (bicyclic) bond motifs is 1. The predicted molar refractivity (Wildman–Crippen MR) is 124 cm³/mol. The minimum atomic E-state index is -1.11. The Hall–Kier alpha value is -2.83. The predicted octanol–water partition coefficient (Wildman–Crippen LogP) is 1.92. The van der Waals surface area contributed by atoms with E-state index >= 15 is 0 Å². The molecule has 4 heterocycles. The first-order chi connectivity index (χ1) is 15.5. The van der Waals surface area contributed by atoms with E-state index in [1.54, 1.807) is 19.3 Å². The van der Waals surface area contributed by atoms with Crippen LogP contribution in [-0.2, 0) is 17.2 Å². The van der Waals surface area contributed by atoms with Crippen molar-refractivity contribution in [1.82, 2.24) is 19.9 Å². The molecule has 0 bridgehead atoms. The fourth-order valence-electron chi connectivity index (χ4n) is 4.47. The van der Waals surface area contributed by atoms with Gasteiger partial charge in [0.25, 0.3) is 0 Å². The van der Waals surface area contributed by atoms with E-state index in [0.717, 1.165) is 43.5 Å². The average molecular weight is 451 g/mol. The van der Waals surface area contributed by atoms with E-state index in [9.17, 15) is 9.32 Å². The number of aromatic nitrogens is 4. The Kier molecular flexibility index (Phi) is 5.43. The van der Waals surface area contributed by atoms with Crippen LogP contribution in [0.3, 0.4) is 0 Å². The van der Waals surface area contributed by atoms with E-state index in [4.69, 9.17) is 16.4 Å². The van der Waals surface area contributed by atoms with Gasteiger partial charge in [0.2, 0.25) is 5.95 Å². The number of hydrogen-bond acceptors (Lipinski definition) is 8. The Morgan fingerprint density at radius 1 is 1.28 bits per heavy atom. The standard InChI is InChI=1S/C23H26N6O2S/c1-3-16-13-24-20(25-14-16)17-5-10-29(11-6-17)22-26-18-7-12-32(31)19(18)21(27-22)28-23(15(2)30)8-4-9-23/h1,5,13-15,30H,4,6-12H2,2H3,(H,26,27,28)/t15-,32-/m0/s1. The first-order valence-electron chi connectivity index (χ1n) is 11.0. The number of nitrogens with one attached hydrogen (secondary N) is 1. The fraction of sp³-hybridized carbons (Fsp3) is 0.478. The van der Waals surface area contributed by atoms with Crippen molar-refractivity contribution < 1.29 is 9.32 Å². The van der Waals surface area contributed by atoms with E-state index in [-0.39, 0.29) is 0 Å². The maximum Gasteiger partial charge on any atom is 0.227 e. The SMILES string of the molecule is C#Cc1cnc(C2=CCN(c3nc4c(c(NC5([C@H](C)O)CCC5)n3)[S@@](=O)CC4)CC2)nc1. The maximum absolute atomic E-state index is 12.7. The van der Waals surface area contributed by atoms with Crippen LogP contribution in [0.4, 0.5) is 11.8 Å². The molecule has 0 saturated heterocycles. The summed E-state index contributed by atoms with van der Waals surface area (Å²) in [6.07, 6.45) is 14.5. The highest BCUT2D eigenvalue weighted by Crippen LogP contribution is 2.40. The molecule has 0 unspecified atom stereocenters. The highest BCUT2D eigenvalue weighted by atomic mass is 32.2. The summed E-state index contributed by atoms with van der Waals surface area (Å²) < 4.78 is 12.7. The monoisotopic (exact) mass is 450 g/mol. The summed E-state index contributed by atoms with van der Waals surface area (Å²) in [6, 6.07) is 0. The fourth-order valence-corrected chi connectivity index (χ4v) is 5.78. The summed E-state index contributed by atoms with van der Waals surface area (Å²) in [5.41, 5.74) is 2.19. The van der Waals surface area contributed by atoms with Crippen molar-refractivity contribution in [3.8, 4) is 12.3 Å². The first kappa shape index (κ1) is 21.0. The van der Waals surface area contributed by atoms with Gasteiger partial charge < -0.3 is 15.3 Å². The number of nitrogens with zero attached hydrogens (tertiary/aromatic N) is 5. The van der Waals surface area contributed by atoms with E-state index in [1.165, 1.54) is 0 Å². The van der Waals surface area contributed by atoms with Crippen LogP contribution >= 0.6 is 0 Å². The van der Waals surface area contributed by atoms with Gasteiger partial charge in [-0.3, -0.25) is 4.21 Å². The third kappa shape index (κ3) is 3.67. The molecular formula is C23H26N6O2S.